The van der Waals surface area contributed by atoms with Gasteiger partial charge in [0, 0.05) is 18.8 Å². The molecule has 0 saturated heterocycles. The zero-order valence-corrected chi connectivity index (χ0v) is 16.5. The normalized spacial score (nSPS) is 10.7. The molecule has 0 unspecified atom stereocenters. The second-order valence-electron chi connectivity index (χ2n) is 6.67. The number of oxazole rings is 1. The molecule has 0 fully saturated rings. The molecule has 156 valence electrons. The van der Waals surface area contributed by atoms with Crippen molar-refractivity contribution >= 4 is 34.3 Å². The lowest BCUT2D eigenvalue weighted by Gasteiger charge is -2.17. The molecule has 1 heterocycles. The first-order chi connectivity index (χ1) is 14.3. The zero-order chi connectivity index (χ0) is 21.8. The van der Waals surface area contributed by atoms with Gasteiger partial charge in [0.15, 0.2) is 5.58 Å². The molecule has 3 aromatic rings. The van der Waals surface area contributed by atoms with E-state index in [-0.39, 0.29) is 35.8 Å². The van der Waals surface area contributed by atoms with E-state index in [2.05, 4.69) is 5.32 Å². The minimum atomic E-state index is -0.812. The number of aromatic nitrogens is 1. The number of hydrogen-bond acceptors (Lipinski definition) is 6. The summed E-state index contributed by atoms with van der Waals surface area (Å²) in [6.45, 7) is 1.41. The Hall–Kier alpha value is -3.95. The van der Waals surface area contributed by atoms with Crippen molar-refractivity contribution in [3.63, 3.8) is 0 Å². The topological polar surface area (TPSA) is 128 Å². The predicted octanol–water partition coefficient (Wildman–Crippen LogP) is 2.16. The molecule has 0 aliphatic rings. The fourth-order valence-electron chi connectivity index (χ4n) is 3.02. The second-order valence-corrected chi connectivity index (χ2v) is 6.67. The Labute approximate surface area is 170 Å². The molecule has 2 aromatic carbocycles. The Bertz CT molecular complexity index is 1180. The lowest BCUT2D eigenvalue weighted by atomic mass is 10.1. The van der Waals surface area contributed by atoms with Crippen LogP contribution >= 0.6 is 0 Å². The number of carbonyl (C=O) groups is 2. The summed E-state index contributed by atoms with van der Waals surface area (Å²) < 4.78 is 6.08. The van der Waals surface area contributed by atoms with Crippen molar-refractivity contribution in [2.24, 2.45) is 0 Å². The molecule has 10 nitrogen and oxygen atoms in total. The number of nitro benzene ring substituents is 1. The highest BCUT2D eigenvalue weighted by Crippen LogP contribution is 2.20. The molecule has 0 saturated carbocycles. The number of nitrogens with zero attached hydrogens (tertiary/aromatic N) is 3. The van der Waals surface area contributed by atoms with Crippen LogP contribution in [0.1, 0.15) is 12.5 Å². The van der Waals surface area contributed by atoms with Crippen molar-refractivity contribution in [1.29, 1.82) is 0 Å². The summed E-state index contributed by atoms with van der Waals surface area (Å²) >= 11 is 0. The molecule has 0 radical (unpaired) electrons. The van der Waals surface area contributed by atoms with Crippen molar-refractivity contribution in [2.75, 3.05) is 18.9 Å². The number of rotatable bonds is 7. The minimum absolute atomic E-state index is 0.0126. The first-order valence-electron chi connectivity index (χ1n) is 9.19. The highest BCUT2D eigenvalue weighted by atomic mass is 16.6. The molecule has 10 heteroatoms. The number of benzene rings is 2. The second kappa shape index (κ2) is 8.60. The van der Waals surface area contributed by atoms with Crippen LogP contribution < -0.4 is 11.1 Å². The maximum atomic E-state index is 12.5. The number of carbonyl (C=O) groups excluding carboxylic acids is 2. The molecule has 2 amide bonds. The molecular weight excluding hydrogens is 392 g/mol. The van der Waals surface area contributed by atoms with Crippen LogP contribution in [0.5, 0.6) is 0 Å². The van der Waals surface area contributed by atoms with Crippen molar-refractivity contribution in [3.8, 4) is 0 Å². The van der Waals surface area contributed by atoms with Crippen LogP contribution in [-0.4, -0.2) is 39.8 Å². The maximum Gasteiger partial charge on any atom is 0.420 e. The summed E-state index contributed by atoms with van der Waals surface area (Å²) in [5.41, 5.74) is 1.71. The van der Waals surface area contributed by atoms with Gasteiger partial charge < -0.3 is 14.6 Å². The standard InChI is InChI=1S/C20H20N4O6/c1-3-13-6-4-5-7-15(13)21-18(25)11-22(2)19(26)12-23-16-9-8-14(24(28)29)10-17(16)30-20(23)27/h4-10H,3,11-12H2,1-2H3,(H,21,25). The average molecular weight is 412 g/mol. The molecular formula is C20H20N4O6. The van der Waals surface area contributed by atoms with Gasteiger partial charge in [-0.15, -0.1) is 0 Å². The summed E-state index contributed by atoms with van der Waals surface area (Å²) in [5.74, 6) is -1.67. The van der Waals surface area contributed by atoms with Gasteiger partial charge in [-0.3, -0.25) is 24.3 Å². The quantitative estimate of drug-likeness (QED) is 0.468. The van der Waals surface area contributed by atoms with Gasteiger partial charge in [0.2, 0.25) is 11.8 Å². The average Bonchev–Trinajstić information content (AvgIpc) is 3.02. The van der Waals surface area contributed by atoms with Crippen LogP contribution in [0, 0.1) is 10.1 Å². The molecule has 0 aliphatic heterocycles. The Kier molecular flexibility index (Phi) is 5.95. The van der Waals surface area contributed by atoms with Crippen LogP contribution in [0.4, 0.5) is 11.4 Å². The number of para-hydroxylation sites is 1. The van der Waals surface area contributed by atoms with Gasteiger partial charge in [-0.05, 0) is 24.1 Å². The van der Waals surface area contributed by atoms with Crippen LogP contribution in [-0.2, 0) is 22.6 Å². The molecule has 1 N–H and O–H groups in total. The summed E-state index contributed by atoms with van der Waals surface area (Å²) in [4.78, 5) is 48.4. The Morgan fingerprint density at radius 3 is 2.67 bits per heavy atom. The number of amides is 2. The van der Waals surface area contributed by atoms with E-state index in [0.29, 0.717) is 5.69 Å². The number of likely N-dealkylation sites (N-methyl/N-ethyl adjacent to an activating group) is 1. The molecule has 0 atom stereocenters. The van der Waals surface area contributed by atoms with E-state index in [1.54, 1.807) is 6.07 Å². The van der Waals surface area contributed by atoms with E-state index < -0.39 is 16.6 Å². The largest absolute Gasteiger partial charge is 0.420 e. The van der Waals surface area contributed by atoms with E-state index in [9.17, 15) is 24.5 Å². The van der Waals surface area contributed by atoms with E-state index in [1.165, 1.54) is 24.1 Å². The van der Waals surface area contributed by atoms with Crippen molar-refractivity contribution in [3.05, 3.63) is 68.7 Å². The lowest BCUT2D eigenvalue weighted by molar-refractivity contribution is -0.384. The van der Waals surface area contributed by atoms with E-state index in [0.717, 1.165) is 22.6 Å². The van der Waals surface area contributed by atoms with Gasteiger partial charge >= 0.3 is 5.76 Å². The van der Waals surface area contributed by atoms with E-state index in [4.69, 9.17) is 4.42 Å². The number of aryl methyl sites for hydroxylation is 1. The molecule has 0 bridgehead atoms. The van der Waals surface area contributed by atoms with E-state index in [1.807, 2.05) is 25.1 Å². The Morgan fingerprint density at radius 2 is 1.97 bits per heavy atom. The SMILES string of the molecule is CCc1ccccc1NC(=O)CN(C)C(=O)Cn1c(=O)oc2cc([N+](=O)[O-])ccc21. The van der Waals surface area contributed by atoms with Gasteiger partial charge in [0.1, 0.15) is 6.54 Å². The Balaban J connectivity index is 1.70. The van der Waals surface area contributed by atoms with Crippen molar-refractivity contribution in [1.82, 2.24) is 9.47 Å². The molecule has 3 rings (SSSR count). The highest BCUT2D eigenvalue weighted by Gasteiger charge is 2.19. The van der Waals surface area contributed by atoms with Gasteiger partial charge in [-0.2, -0.15) is 0 Å². The monoisotopic (exact) mass is 412 g/mol. The highest BCUT2D eigenvalue weighted by molar-refractivity contribution is 5.95. The summed E-state index contributed by atoms with van der Waals surface area (Å²) in [7, 11) is 1.45. The lowest BCUT2D eigenvalue weighted by Crippen LogP contribution is -2.38. The van der Waals surface area contributed by atoms with Gasteiger partial charge in [0.25, 0.3) is 5.69 Å². The zero-order valence-electron chi connectivity index (χ0n) is 16.5. The third-order valence-corrected chi connectivity index (χ3v) is 4.63. The fraction of sp³-hybridized carbons (Fsp3) is 0.250. The van der Waals surface area contributed by atoms with Crippen molar-refractivity contribution in [2.45, 2.75) is 19.9 Å². The first kappa shape index (κ1) is 20.8. The minimum Gasteiger partial charge on any atom is -0.407 e. The number of anilines is 1. The Morgan fingerprint density at radius 1 is 1.23 bits per heavy atom. The maximum absolute atomic E-state index is 12.5. The van der Waals surface area contributed by atoms with Gasteiger partial charge in [-0.25, -0.2) is 4.79 Å². The predicted molar refractivity (Wildman–Crippen MR) is 109 cm³/mol. The van der Waals surface area contributed by atoms with Gasteiger partial charge in [-0.1, -0.05) is 25.1 Å². The molecule has 0 aliphatic carbocycles. The van der Waals surface area contributed by atoms with Crippen LogP contribution in [0.25, 0.3) is 11.1 Å². The van der Waals surface area contributed by atoms with E-state index >= 15 is 0 Å². The molecule has 0 spiro atoms. The van der Waals surface area contributed by atoms with Crippen LogP contribution in [0.3, 0.4) is 0 Å². The number of fused-ring (bicyclic) bond motifs is 1. The molecule has 1 aromatic heterocycles. The van der Waals surface area contributed by atoms with Gasteiger partial charge in [0.05, 0.1) is 23.1 Å². The number of nitro groups is 1. The molecule has 30 heavy (non-hydrogen) atoms. The summed E-state index contributed by atoms with van der Waals surface area (Å²) in [5, 5.41) is 13.6. The number of nitrogens with one attached hydrogen (secondary N) is 1. The first-order valence-corrected chi connectivity index (χ1v) is 9.19. The summed E-state index contributed by atoms with van der Waals surface area (Å²) in [6, 6.07) is 11.1. The smallest absolute Gasteiger partial charge is 0.407 e. The van der Waals surface area contributed by atoms with Crippen LogP contribution in [0.15, 0.2) is 51.7 Å². The summed E-state index contributed by atoms with van der Waals surface area (Å²) in [6.07, 6.45) is 0.750. The number of hydrogen-bond donors (Lipinski definition) is 1. The van der Waals surface area contributed by atoms with Crippen LogP contribution in [0.2, 0.25) is 0 Å². The third kappa shape index (κ3) is 4.37. The fourth-order valence-corrected chi connectivity index (χ4v) is 3.02. The van der Waals surface area contributed by atoms with Crippen molar-refractivity contribution < 1.29 is 18.9 Å². The number of non-ortho nitro benzene ring substituents is 1. The third-order valence-electron chi connectivity index (χ3n) is 4.63.